The van der Waals surface area contributed by atoms with Crippen molar-refractivity contribution in [3.8, 4) is 5.75 Å². The molecular weight excluding hydrogens is 710 g/mol. The van der Waals surface area contributed by atoms with Gasteiger partial charge in [-0.05, 0) is 118 Å². The molecule has 3 fully saturated rings. The normalized spacial score (nSPS) is 35.4. The molecule has 2 bridgehead atoms. The average Bonchev–Trinajstić information content (AvgIpc) is 3.28. The van der Waals surface area contributed by atoms with E-state index in [1.54, 1.807) is 19.1 Å². The van der Waals surface area contributed by atoms with Gasteiger partial charge in [-0.3, -0.25) is 14.6 Å². The van der Waals surface area contributed by atoms with Gasteiger partial charge >= 0.3 is 0 Å². The van der Waals surface area contributed by atoms with Gasteiger partial charge in [0.2, 0.25) is 10.0 Å². The summed E-state index contributed by atoms with van der Waals surface area (Å²) in [5.74, 6) is 0.837. The van der Waals surface area contributed by atoms with Crippen molar-refractivity contribution in [2.24, 2.45) is 17.8 Å². The van der Waals surface area contributed by atoms with E-state index in [0.29, 0.717) is 43.1 Å². The molecular formula is C41H56ClN5O5S. The summed E-state index contributed by atoms with van der Waals surface area (Å²) in [7, 11) is -2.12. The van der Waals surface area contributed by atoms with Gasteiger partial charge in [0.05, 0.1) is 11.9 Å². The summed E-state index contributed by atoms with van der Waals surface area (Å²) in [5.41, 5.74) is 1.77. The number of nitrogens with zero attached hydrogens (tertiary/aromatic N) is 4. The number of hydrogen-bond donors (Lipinski definition) is 1. The Morgan fingerprint density at radius 2 is 1.92 bits per heavy atom. The summed E-state index contributed by atoms with van der Waals surface area (Å²) in [6, 6.07) is 10.2. The fraction of sp³-hybridized carbons (Fsp3) is 0.659. The second-order valence-corrected chi connectivity index (χ2v) is 19.4. The van der Waals surface area contributed by atoms with Crippen molar-refractivity contribution in [3.05, 3.63) is 64.3 Å². The third kappa shape index (κ3) is 7.14. The number of carbonyl (C=O) groups is 1. The second kappa shape index (κ2) is 14.8. The molecule has 1 spiro atoms. The van der Waals surface area contributed by atoms with Crippen LogP contribution in [0.25, 0.3) is 0 Å². The molecule has 1 aromatic heterocycles. The predicted molar refractivity (Wildman–Crippen MR) is 208 cm³/mol. The molecule has 7 atom stereocenters. The van der Waals surface area contributed by atoms with E-state index in [1.807, 2.05) is 20.1 Å². The molecule has 2 aromatic rings. The van der Waals surface area contributed by atoms with Gasteiger partial charge in [-0.1, -0.05) is 43.2 Å². The molecule has 288 valence electrons. The zero-order chi connectivity index (χ0) is 37.0. The standard InChI is InChI=1S/C41H56ClN5O5S/c1-28-8-6-18-41(51-3,26-45-20-21-46-19-5-4-10-33(46)24-45)35-13-11-31(35)23-47-25-40(17-7-9-30-22-32(42)12-14-34(30)40)27-52-37-16-15-36(43-38(37)47)39(48)44-53(49,50)29(28)2/h6,12,14-16,18,22,28-29,31,33,35H,4-5,7-11,13,17,19-21,23-27H2,1-3H3,(H,44,48)/b18-6+/t28-,29+,31-,33+,35+,40-,41-/m0/s1. The van der Waals surface area contributed by atoms with Crippen LogP contribution < -0.4 is 14.4 Å². The molecule has 4 aliphatic heterocycles. The second-order valence-electron chi connectivity index (χ2n) is 16.9. The molecule has 12 heteroatoms. The Hall–Kier alpha value is -2.70. The lowest BCUT2D eigenvalue weighted by molar-refractivity contribution is -0.100. The number of halogens is 1. The van der Waals surface area contributed by atoms with Crippen molar-refractivity contribution >= 4 is 33.3 Å². The highest BCUT2D eigenvalue weighted by Gasteiger charge is 2.50. The minimum Gasteiger partial charge on any atom is -0.489 e. The van der Waals surface area contributed by atoms with Crippen LogP contribution in [0.4, 0.5) is 5.82 Å². The maximum absolute atomic E-state index is 13.6. The number of ether oxygens (including phenoxy) is 2. The maximum Gasteiger partial charge on any atom is 0.283 e. The van der Waals surface area contributed by atoms with Crippen molar-refractivity contribution in [1.29, 1.82) is 0 Å². The number of nitrogens with one attached hydrogen (secondary N) is 1. The van der Waals surface area contributed by atoms with Crippen LogP contribution in [-0.2, 0) is 26.6 Å². The van der Waals surface area contributed by atoms with Gasteiger partial charge in [0.1, 0.15) is 11.3 Å². The van der Waals surface area contributed by atoms with Gasteiger partial charge < -0.3 is 14.4 Å². The molecule has 6 aliphatic rings. The number of allylic oxidation sites excluding steroid dienone is 1. The number of sulfonamides is 1. The number of aryl methyl sites for hydroxylation is 1. The summed E-state index contributed by atoms with van der Waals surface area (Å²) < 4.78 is 43.0. The summed E-state index contributed by atoms with van der Waals surface area (Å²) >= 11 is 6.50. The third-order valence-corrected chi connectivity index (χ3v) is 16.0. The fourth-order valence-electron chi connectivity index (χ4n) is 10.4. The van der Waals surface area contributed by atoms with Gasteiger partial charge in [0, 0.05) is 62.9 Å². The largest absolute Gasteiger partial charge is 0.489 e. The predicted octanol–water partition coefficient (Wildman–Crippen LogP) is 5.83. The smallest absolute Gasteiger partial charge is 0.283 e. The number of pyridine rings is 1. The first kappa shape index (κ1) is 37.2. The Morgan fingerprint density at radius 1 is 1.06 bits per heavy atom. The molecule has 0 radical (unpaired) electrons. The Morgan fingerprint density at radius 3 is 2.74 bits per heavy atom. The zero-order valence-corrected chi connectivity index (χ0v) is 33.1. The van der Waals surface area contributed by atoms with E-state index in [-0.39, 0.29) is 22.9 Å². The molecule has 2 saturated heterocycles. The zero-order valence-electron chi connectivity index (χ0n) is 31.6. The SMILES string of the molecule is CO[C@]1(CN2CCN3CCCC[C@@H]3C2)/C=C/C[C@H](C)[C@@H](C)S(=O)(=O)NC(=O)c2ccc3c(n2)N(C[C@@H]2CC[C@H]21)C[C@@]1(CCCc2cc(Cl)ccc21)CO3. The van der Waals surface area contributed by atoms with E-state index in [0.717, 1.165) is 69.9 Å². The summed E-state index contributed by atoms with van der Waals surface area (Å²) in [6.07, 6.45) is 13.9. The van der Waals surface area contributed by atoms with Crippen LogP contribution in [0.5, 0.6) is 5.75 Å². The lowest BCUT2D eigenvalue weighted by Gasteiger charge is -2.53. The van der Waals surface area contributed by atoms with Crippen molar-refractivity contribution in [2.45, 2.75) is 93.9 Å². The van der Waals surface area contributed by atoms with Crippen LogP contribution in [0.3, 0.4) is 0 Å². The van der Waals surface area contributed by atoms with E-state index < -0.39 is 26.8 Å². The van der Waals surface area contributed by atoms with Crippen molar-refractivity contribution < 1.29 is 22.7 Å². The third-order valence-electron chi connectivity index (χ3n) is 13.8. The van der Waals surface area contributed by atoms with E-state index in [9.17, 15) is 13.2 Å². The Kier molecular flexibility index (Phi) is 10.4. The van der Waals surface area contributed by atoms with Crippen LogP contribution in [0.2, 0.25) is 5.02 Å². The van der Waals surface area contributed by atoms with Gasteiger partial charge in [-0.15, -0.1) is 0 Å². The molecule has 2 aliphatic carbocycles. The van der Waals surface area contributed by atoms with E-state index >= 15 is 0 Å². The lowest BCUT2D eigenvalue weighted by atomic mass is 9.63. The first-order valence-corrected chi connectivity index (χ1v) is 21.8. The highest BCUT2D eigenvalue weighted by atomic mass is 35.5. The minimum atomic E-state index is -3.99. The summed E-state index contributed by atoms with van der Waals surface area (Å²) in [6.45, 7) is 10.7. The van der Waals surface area contributed by atoms with Crippen molar-refractivity contribution in [3.63, 3.8) is 0 Å². The number of piperazine rings is 1. The first-order chi connectivity index (χ1) is 25.5. The number of anilines is 1. The van der Waals surface area contributed by atoms with Gasteiger partial charge in [-0.25, -0.2) is 18.1 Å². The minimum absolute atomic E-state index is 0.0674. The number of methoxy groups -OCH3 is 1. The van der Waals surface area contributed by atoms with E-state index in [4.69, 9.17) is 26.1 Å². The van der Waals surface area contributed by atoms with Crippen LogP contribution in [0, 0.1) is 17.8 Å². The number of hydrogen-bond acceptors (Lipinski definition) is 9. The van der Waals surface area contributed by atoms with Gasteiger partial charge in [-0.2, -0.15) is 0 Å². The number of amides is 1. The number of benzene rings is 1. The number of carbonyl (C=O) groups excluding carboxylic acids is 1. The van der Waals surface area contributed by atoms with Crippen LogP contribution >= 0.6 is 11.6 Å². The van der Waals surface area contributed by atoms with E-state index in [1.165, 1.54) is 36.9 Å². The van der Waals surface area contributed by atoms with Crippen molar-refractivity contribution in [1.82, 2.24) is 19.5 Å². The van der Waals surface area contributed by atoms with Gasteiger partial charge in [0.15, 0.2) is 11.6 Å². The fourth-order valence-corrected chi connectivity index (χ4v) is 11.8. The molecule has 0 unspecified atom stereocenters. The van der Waals surface area contributed by atoms with Crippen LogP contribution in [-0.4, -0.2) is 106 Å². The highest BCUT2D eigenvalue weighted by Crippen LogP contribution is 2.49. The number of aromatic nitrogens is 1. The molecule has 8 rings (SSSR count). The number of piperidine rings is 1. The maximum atomic E-state index is 13.6. The molecule has 10 nitrogen and oxygen atoms in total. The Bertz CT molecular complexity index is 1840. The highest BCUT2D eigenvalue weighted by molar-refractivity contribution is 7.90. The number of fused-ring (bicyclic) bond motifs is 5. The monoisotopic (exact) mass is 765 g/mol. The molecule has 1 saturated carbocycles. The molecule has 5 heterocycles. The van der Waals surface area contributed by atoms with E-state index in [2.05, 4.69) is 43.7 Å². The van der Waals surface area contributed by atoms with Crippen LogP contribution in [0.1, 0.15) is 86.8 Å². The van der Waals surface area contributed by atoms with Crippen LogP contribution in [0.15, 0.2) is 42.5 Å². The van der Waals surface area contributed by atoms with Gasteiger partial charge in [0.25, 0.3) is 5.91 Å². The quantitative estimate of drug-likeness (QED) is 0.387. The van der Waals surface area contributed by atoms with Crippen molar-refractivity contribution in [2.75, 3.05) is 64.4 Å². The Balaban J connectivity index is 1.19. The molecule has 1 aromatic carbocycles. The average molecular weight is 766 g/mol. The molecule has 1 amide bonds. The molecule has 53 heavy (non-hydrogen) atoms. The molecule has 1 N–H and O–H groups in total. The summed E-state index contributed by atoms with van der Waals surface area (Å²) in [5, 5.41) is -0.0528. The number of rotatable bonds is 3. The first-order valence-electron chi connectivity index (χ1n) is 19.9. The topological polar surface area (TPSA) is 104 Å². The summed E-state index contributed by atoms with van der Waals surface area (Å²) in [4.78, 5) is 26.2. The lowest BCUT2D eigenvalue weighted by Crippen LogP contribution is -2.61. The Labute approximate surface area is 320 Å².